The molecule has 0 saturated carbocycles. The zero-order valence-electron chi connectivity index (χ0n) is 16.1. The highest BCUT2D eigenvalue weighted by Crippen LogP contribution is 2.14. The van der Waals surface area contributed by atoms with Crippen LogP contribution in [0.15, 0.2) is 42.7 Å². The van der Waals surface area contributed by atoms with Crippen molar-refractivity contribution in [3.8, 4) is 0 Å². The number of benzene rings is 1. The van der Waals surface area contributed by atoms with Crippen molar-refractivity contribution < 1.29 is 4.79 Å². The van der Waals surface area contributed by atoms with Crippen LogP contribution in [0.4, 0.5) is 0 Å². The summed E-state index contributed by atoms with van der Waals surface area (Å²) in [6.07, 6.45) is 3.55. The largest absolute Gasteiger partial charge is 0.336 e. The number of carbonyl (C=O) groups is 1. The number of pyridine rings is 1. The second-order valence-corrected chi connectivity index (χ2v) is 7.16. The van der Waals surface area contributed by atoms with E-state index in [0.29, 0.717) is 12.2 Å². The minimum absolute atomic E-state index is 0.137. The highest BCUT2D eigenvalue weighted by atomic mass is 16.2. The Morgan fingerprint density at radius 1 is 1.21 bits per heavy atom. The molecule has 1 aromatic carbocycles. The lowest BCUT2D eigenvalue weighted by Gasteiger charge is -2.26. The van der Waals surface area contributed by atoms with Crippen molar-refractivity contribution in [3.05, 3.63) is 54.0 Å². The van der Waals surface area contributed by atoms with E-state index >= 15 is 0 Å². The number of piperazine rings is 1. The molecule has 1 saturated heterocycles. The number of aromatic nitrogens is 4. The predicted molar refractivity (Wildman–Crippen MR) is 107 cm³/mol. The van der Waals surface area contributed by atoms with Gasteiger partial charge in [0.1, 0.15) is 0 Å². The Morgan fingerprint density at radius 2 is 2.04 bits per heavy atom. The topological polar surface area (TPSA) is 79.2 Å². The fraction of sp³-hybridized carbons (Fsp3) is 0.400. The number of fused-ring (bicyclic) bond motifs is 1. The summed E-state index contributed by atoms with van der Waals surface area (Å²) >= 11 is 0. The van der Waals surface area contributed by atoms with Crippen molar-refractivity contribution in [3.63, 3.8) is 0 Å². The van der Waals surface area contributed by atoms with Crippen molar-refractivity contribution in [2.75, 3.05) is 39.8 Å². The number of amides is 1. The quantitative estimate of drug-likeness (QED) is 0.689. The molecule has 8 nitrogen and oxygen atoms in total. The maximum atomic E-state index is 12.7. The van der Waals surface area contributed by atoms with Crippen LogP contribution in [-0.2, 0) is 13.1 Å². The normalized spacial score (nSPS) is 15.0. The number of carbonyl (C=O) groups excluding carboxylic acids is 1. The van der Waals surface area contributed by atoms with E-state index in [-0.39, 0.29) is 5.91 Å². The first kappa shape index (κ1) is 18.5. The standard InChI is InChI=1S/C20H25N7O/c1-25(14-16-12-17-4-2-3-5-18(17)22-13-16)20(28)19-15-27(24-23-19)11-10-26-8-6-21-7-9-26/h2-5,12-13,15,21H,6-11,14H2,1H3. The van der Waals surface area contributed by atoms with E-state index < -0.39 is 0 Å². The average Bonchev–Trinajstić information content (AvgIpc) is 3.21. The molecule has 146 valence electrons. The van der Waals surface area contributed by atoms with Crippen LogP contribution < -0.4 is 5.32 Å². The minimum Gasteiger partial charge on any atom is -0.336 e. The van der Waals surface area contributed by atoms with Gasteiger partial charge in [0.15, 0.2) is 5.69 Å². The smallest absolute Gasteiger partial charge is 0.276 e. The molecule has 1 fully saturated rings. The molecule has 0 radical (unpaired) electrons. The fourth-order valence-corrected chi connectivity index (χ4v) is 3.43. The molecule has 2 aromatic heterocycles. The van der Waals surface area contributed by atoms with Crippen LogP contribution >= 0.6 is 0 Å². The lowest BCUT2D eigenvalue weighted by atomic mass is 10.1. The van der Waals surface area contributed by atoms with Crippen molar-refractivity contribution in [2.24, 2.45) is 0 Å². The number of hydrogen-bond donors (Lipinski definition) is 1. The van der Waals surface area contributed by atoms with Gasteiger partial charge in [0.05, 0.1) is 18.3 Å². The van der Waals surface area contributed by atoms with E-state index in [0.717, 1.165) is 55.7 Å². The molecule has 0 aliphatic carbocycles. The Morgan fingerprint density at radius 3 is 2.89 bits per heavy atom. The third kappa shape index (κ3) is 4.35. The number of nitrogens with zero attached hydrogens (tertiary/aromatic N) is 6. The average molecular weight is 379 g/mol. The van der Waals surface area contributed by atoms with Gasteiger partial charge in [-0.1, -0.05) is 23.4 Å². The van der Waals surface area contributed by atoms with Crippen LogP contribution in [0.2, 0.25) is 0 Å². The SMILES string of the molecule is CN(Cc1cnc2ccccc2c1)C(=O)c1cn(CCN2CCNCC2)nn1. The van der Waals surface area contributed by atoms with E-state index in [1.165, 1.54) is 0 Å². The summed E-state index contributed by atoms with van der Waals surface area (Å²) in [4.78, 5) is 21.2. The number of hydrogen-bond acceptors (Lipinski definition) is 6. The summed E-state index contributed by atoms with van der Waals surface area (Å²) in [5.41, 5.74) is 2.31. The second-order valence-electron chi connectivity index (χ2n) is 7.16. The van der Waals surface area contributed by atoms with Gasteiger partial charge in [-0.25, -0.2) is 0 Å². The van der Waals surface area contributed by atoms with Gasteiger partial charge in [0.2, 0.25) is 0 Å². The predicted octanol–water partition coefficient (Wildman–Crippen LogP) is 1.00. The third-order valence-corrected chi connectivity index (χ3v) is 5.03. The summed E-state index contributed by atoms with van der Waals surface area (Å²) < 4.78 is 1.75. The first-order chi connectivity index (χ1) is 13.7. The monoisotopic (exact) mass is 379 g/mol. The van der Waals surface area contributed by atoms with Crippen LogP contribution in [0, 0.1) is 0 Å². The highest BCUT2D eigenvalue weighted by Gasteiger charge is 2.17. The molecule has 0 spiro atoms. The van der Waals surface area contributed by atoms with Crippen LogP contribution in [0.25, 0.3) is 10.9 Å². The molecule has 1 amide bonds. The van der Waals surface area contributed by atoms with Crippen molar-refractivity contribution in [2.45, 2.75) is 13.1 Å². The lowest BCUT2D eigenvalue weighted by Crippen LogP contribution is -2.44. The second kappa shape index (κ2) is 8.45. The summed E-state index contributed by atoms with van der Waals surface area (Å²) in [7, 11) is 1.78. The van der Waals surface area contributed by atoms with E-state index in [2.05, 4.69) is 31.6 Å². The summed E-state index contributed by atoms with van der Waals surface area (Å²) in [6, 6.07) is 10.0. The molecule has 3 aromatic rings. The molecule has 4 rings (SSSR count). The highest BCUT2D eigenvalue weighted by molar-refractivity contribution is 5.91. The molecule has 0 bridgehead atoms. The zero-order chi connectivity index (χ0) is 19.3. The molecule has 0 unspecified atom stereocenters. The fourth-order valence-electron chi connectivity index (χ4n) is 3.43. The van der Waals surface area contributed by atoms with Gasteiger partial charge in [-0.2, -0.15) is 0 Å². The molecular formula is C20H25N7O. The Labute approximate surface area is 164 Å². The Hall–Kier alpha value is -2.84. The maximum absolute atomic E-state index is 12.7. The summed E-state index contributed by atoms with van der Waals surface area (Å²) in [6.45, 7) is 6.26. The van der Waals surface area contributed by atoms with Gasteiger partial charge in [-0.15, -0.1) is 5.10 Å². The molecular weight excluding hydrogens is 354 g/mol. The summed E-state index contributed by atoms with van der Waals surface area (Å²) in [5, 5.41) is 12.6. The van der Waals surface area contributed by atoms with Gasteiger partial charge >= 0.3 is 0 Å². The molecule has 1 aliphatic heterocycles. The van der Waals surface area contributed by atoms with Crippen LogP contribution in [0.1, 0.15) is 16.1 Å². The first-order valence-electron chi connectivity index (χ1n) is 9.61. The van der Waals surface area contributed by atoms with E-state index in [9.17, 15) is 4.79 Å². The minimum atomic E-state index is -0.137. The van der Waals surface area contributed by atoms with Gasteiger partial charge in [-0.3, -0.25) is 19.4 Å². The van der Waals surface area contributed by atoms with Crippen molar-refractivity contribution in [1.29, 1.82) is 0 Å². The van der Waals surface area contributed by atoms with Crippen LogP contribution in [0.5, 0.6) is 0 Å². The van der Waals surface area contributed by atoms with Gasteiger partial charge in [0, 0.05) is 57.9 Å². The van der Waals surface area contributed by atoms with Gasteiger partial charge in [0.25, 0.3) is 5.91 Å². The Kier molecular flexibility index (Phi) is 5.59. The molecule has 3 heterocycles. The molecule has 8 heteroatoms. The lowest BCUT2D eigenvalue weighted by molar-refractivity contribution is 0.0779. The molecule has 1 aliphatic rings. The maximum Gasteiger partial charge on any atom is 0.276 e. The Bertz CT molecular complexity index is 948. The van der Waals surface area contributed by atoms with E-state index in [1.807, 2.05) is 30.5 Å². The Balaban J connectivity index is 1.35. The first-order valence-corrected chi connectivity index (χ1v) is 9.61. The van der Waals surface area contributed by atoms with Crippen LogP contribution in [0.3, 0.4) is 0 Å². The number of rotatable bonds is 6. The van der Waals surface area contributed by atoms with Gasteiger partial charge < -0.3 is 10.2 Å². The van der Waals surface area contributed by atoms with E-state index in [1.54, 1.807) is 22.8 Å². The third-order valence-electron chi connectivity index (χ3n) is 5.03. The zero-order valence-corrected chi connectivity index (χ0v) is 16.1. The molecule has 0 atom stereocenters. The van der Waals surface area contributed by atoms with Crippen LogP contribution in [-0.4, -0.2) is 75.5 Å². The van der Waals surface area contributed by atoms with Crippen molar-refractivity contribution >= 4 is 16.8 Å². The van der Waals surface area contributed by atoms with Gasteiger partial charge in [-0.05, 0) is 17.7 Å². The summed E-state index contributed by atoms with van der Waals surface area (Å²) in [5.74, 6) is -0.137. The molecule has 1 N–H and O–H groups in total. The number of nitrogens with one attached hydrogen (secondary N) is 1. The number of para-hydroxylation sites is 1. The van der Waals surface area contributed by atoms with E-state index in [4.69, 9.17) is 0 Å². The van der Waals surface area contributed by atoms with Crippen molar-refractivity contribution in [1.82, 2.24) is 35.1 Å². The molecule has 28 heavy (non-hydrogen) atoms.